The maximum absolute atomic E-state index is 13.3. The lowest BCUT2D eigenvalue weighted by Crippen LogP contribution is -2.13. The Morgan fingerprint density at radius 2 is 1.92 bits per heavy atom. The lowest BCUT2D eigenvalue weighted by molar-refractivity contribution is -0.136. The van der Waals surface area contributed by atoms with E-state index >= 15 is 0 Å². The molecule has 0 spiro atoms. The van der Waals surface area contributed by atoms with Gasteiger partial charge in [-0.3, -0.25) is 4.79 Å². The number of imidazole rings is 1. The van der Waals surface area contributed by atoms with Crippen LogP contribution in [0.4, 0.5) is 18.9 Å². The third-order valence-electron chi connectivity index (χ3n) is 5.41. The Bertz CT molecular complexity index is 1780. The average Bonchev–Trinajstić information content (AvgIpc) is 3.25. The topological polar surface area (TPSA) is 89.5 Å². The van der Waals surface area contributed by atoms with E-state index in [1.165, 1.54) is 12.1 Å². The van der Waals surface area contributed by atoms with Gasteiger partial charge in [0, 0.05) is 40.5 Å². The normalized spacial score (nSPS) is 11.3. The van der Waals surface area contributed by atoms with Crippen LogP contribution in [0.2, 0.25) is 0 Å². The zero-order chi connectivity index (χ0) is 25.4. The molecule has 0 fully saturated rings. The van der Waals surface area contributed by atoms with Gasteiger partial charge in [0.15, 0.2) is 5.65 Å². The van der Waals surface area contributed by atoms with Crippen molar-refractivity contribution in [2.75, 3.05) is 5.32 Å². The van der Waals surface area contributed by atoms with E-state index in [9.17, 15) is 22.8 Å². The van der Waals surface area contributed by atoms with Crippen molar-refractivity contribution in [1.29, 1.82) is 0 Å². The Hall–Kier alpha value is -4.91. The van der Waals surface area contributed by atoms with Gasteiger partial charge in [-0.15, -0.1) is 0 Å². The molecule has 3 heterocycles. The van der Waals surface area contributed by atoms with Crippen molar-refractivity contribution < 1.29 is 22.4 Å². The minimum atomic E-state index is -4.72. The second-order valence-electron chi connectivity index (χ2n) is 7.86. The molecule has 0 aliphatic carbocycles. The molecule has 178 valence electrons. The first-order valence-electron chi connectivity index (χ1n) is 10.6. The quantitative estimate of drug-likeness (QED) is 0.284. The van der Waals surface area contributed by atoms with Crippen LogP contribution in [-0.4, -0.2) is 20.5 Å². The Morgan fingerprint density at radius 3 is 2.72 bits per heavy atom. The van der Waals surface area contributed by atoms with Gasteiger partial charge in [0.2, 0.25) is 0 Å². The van der Waals surface area contributed by atoms with Crippen LogP contribution >= 0.6 is 0 Å². The van der Waals surface area contributed by atoms with Gasteiger partial charge in [0.1, 0.15) is 11.3 Å². The fraction of sp³-hybridized carbons (Fsp3) is 0.0769. The predicted molar refractivity (Wildman–Crippen MR) is 126 cm³/mol. The molecule has 7 nitrogen and oxygen atoms in total. The zero-order valence-electron chi connectivity index (χ0n) is 18.6. The van der Waals surface area contributed by atoms with Crippen molar-refractivity contribution in [2.24, 2.45) is 0 Å². The van der Waals surface area contributed by atoms with Gasteiger partial charge in [0.25, 0.3) is 5.91 Å². The predicted octanol–water partition coefficient (Wildman–Crippen LogP) is 4.82. The van der Waals surface area contributed by atoms with Gasteiger partial charge < -0.3 is 9.73 Å². The Kier molecular flexibility index (Phi) is 5.53. The summed E-state index contributed by atoms with van der Waals surface area (Å²) in [7, 11) is 0. The number of halogens is 3. The molecule has 5 rings (SSSR count). The summed E-state index contributed by atoms with van der Waals surface area (Å²) in [5.41, 5.74) is 0.601. The zero-order valence-corrected chi connectivity index (χ0v) is 18.6. The van der Waals surface area contributed by atoms with Crippen LogP contribution in [-0.2, 0) is 6.18 Å². The van der Waals surface area contributed by atoms with Gasteiger partial charge in [-0.25, -0.2) is 14.3 Å². The molecule has 0 saturated heterocycles. The lowest BCUT2D eigenvalue weighted by atomic mass is 10.0. The molecule has 2 aromatic carbocycles. The van der Waals surface area contributed by atoms with E-state index in [4.69, 9.17) is 4.42 Å². The number of nitrogens with one attached hydrogen (secondary N) is 1. The third-order valence-corrected chi connectivity index (χ3v) is 5.41. The van der Waals surface area contributed by atoms with Crippen LogP contribution in [0.3, 0.4) is 0 Å². The lowest BCUT2D eigenvalue weighted by Gasteiger charge is -2.11. The van der Waals surface area contributed by atoms with Crippen LogP contribution in [0.15, 0.2) is 76.2 Å². The smallest absolute Gasteiger partial charge is 0.417 e. The molecule has 10 heteroatoms. The maximum Gasteiger partial charge on any atom is 0.417 e. The van der Waals surface area contributed by atoms with E-state index in [1.54, 1.807) is 47.2 Å². The minimum absolute atomic E-state index is 0.167. The first-order valence-corrected chi connectivity index (χ1v) is 10.6. The van der Waals surface area contributed by atoms with E-state index in [0.29, 0.717) is 23.0 Å². The fourth-order valence-electron chi connectivity index (χ4n) is 3.62. The van der Waals surface area contributed by atoms with E-state index in [2.05, 4.69) is 27.2 Å². The van der Waals surface area contributed by atoms with Crippen molar-refractivity contribution in [3.63, 3.8) is 0 Å². The van der Waals surface area contributed by atoms with Crippen molar-refractivity contribution in [1.82, 2.24) is 14.6 Å². The molecule has 0 aliphatic rings. The standard InChI is InChI=1S/C26H15F3N4O3/c1-15-4-5-17(11-16(15)6-8-19-14-30-23-3-2-10-31-33(19)23)25(35)32-18-7-9-20-21(26(27,28)29)13-24(34)36-22(20)12-18/h2-5,7,9-14H,1H3,(H,32,35). The number of carbonyl (C=O) groups is 1. The SMILES string of the molecule is Cc1ccc(C(=O)Nc2ccc3c(C(F)(F)F)cc(=O)oc3c2)cc1C#Cc1cnc2cccnn12. The van der Waals surface area contributed by atoms with Crippen LogP contribution in [0, 0.1) is 18.8 Å². The Labute approximate surface area is 201 Å². The van der Waals surface area contributed by atoms with E-state index in [1.807, 2.05) is 6.92 Å². The number of rotatable bonds is 2. The highest BCUT2D eigenvalue weighted by Gasteiger charge is 2.33. The van der Waals surface area contributed by atoms with Crippen molar-refractivity contribution in [2.45, 2.75) is 13.1 Å². The molecular weight excluding hydrogens is 473 g/mol. The molecule has 5 aromatic rings. The third kappa shape index (κ3) is 4.42. The number of fused-ring (bicyclic) bond motifs is 2. The number of aryl methyl sites for hydroxylation is 1. The highest BCUT2D eigenvalue weighted by molar-refractivity contribution is 6.05. The Balaban J connectivity index is 1.43. The van der Waals surface area contributed by atoms with Gasteiger partial charge in [-0.2, -0.15) is 18.3 Å². The molecule has 0 saturated carbocycles. The molecule has 0 radical (unpaired) electrons. The number of hydrogen-bond donors (Lipinski definition) is 1. The van der Waals surface area contributed by atoms with E-state index in [0.717, 1.165) is 11.6 Å². The summed E-state index contributed by atoms with van der Waals surface area (Å²) < 4.78 is 46.3. The molecule has 3 aromatic heterocycles. The number of alkyl halides is 3. The molecular formula is C26H15F3N4O3. The van der Waals surface area contributed by atoms with Crippen LogP contribution < -0.4 is 10.9 Å². The van der Waals surface area contributed by atoms with Crippen molar-refractivity contribution >= 4 is 28.2 Å². The molecule has 1 N–H and O–H groups in total. The summed E-state index contributed by atoms with van der Waals surface area (Å²) in [5.74, 6) is 5.53. The first-order chi connectivity index (χ1) is 17.2. The van der Waals surface area contributed by atoms with Gasteiger partial charge in [-0.1, -0.05) is 12.0 Å². The number of nitrogens with zero attached hydrogens (tertiary/aromatic N) is 3. The molecule has 0 aliphatic heterocycles. The second kappa shape index (κ2) is 8.70. The first kappa shape index (κ1) is 22.9. The summed E-state index contributed by atoms with van der Waals surface area (Å²) in [4.78, 5) is 28.7. The highest BCUT2D eigenvalue weighted by atomic mass is 19.4. The number of amides is 1. The monoisotopic (exact) mass is 488 g/mol. The molecule has 0 bridgehead atoms. The summed E-state index contributed by atoms with van der Waals surface area (Å²) in [6.45, 7) is 1.85. The number of anilines is 1. The maximum atomic E-state index is 13.3. The second-order valence-corrected chi connectivity index (χ2v) is 7.86. The minimum Gasteiger partial charge on any atom is -0.423 e. The summed E-state index contributed by atoms with van der Waals surface area (Å²) in [6, 6.07) is 12.6. The van der Waals surface area contributed by atoms with E-state index < -0.39 is 23.3 Å². The van der Waals surface area contributed by atoms with Gasteiger partial charge in [0.05, 0.1) is 11.8 Å². The summed E-state index contributed by atoms with van der Waals surface area (Å²) in [6.07, 6.45) is -1.50. The number of hydrogen-bond acceptors (Lipinski definition) is 5. The molecule has 0 atom stereocenters. The molecule has 0 unspecified atom stereocenters. The van der Waals surface area contributed by atoms with E-state index in [-0.39, 0.29) is 22.2 Å². The number of aromatic nitrogens is 3. The fourth-order valence-corrected chi connectivity index (χ4v) is 3.62. The van der Waals surface area contributed by atoms with Crippen LogP contribution in [0.1, 0.15) is 32.7 Å². The molecule has 36 heavy (non-hydrogen) atoms. The van der Waals surface area contributed by atoms with Gasteiger partial charge in [-0.05, 0) is 54.8 Å². The number of benzene rings is 2. The Morgan fingerprint density at radius 1 is 1.08 bits per heavy atom. The summed E-state index contributed by atoms with van der Waals surface area (Å²) >= 11 is 0. The van der Waals surface area contributed by atoms with Crippen LogP contribution in [0.5, 0.6) is 0 Å². The number of carbonyl (C=O) groups excluding carboxylic acids is 1. The average molecular weight is 488 g/mol. The van der Waals surface area contributed by atoms with Gasteiger partial charge >= 0.3 is 11.8 Å². The molecule has 1 amide bonds. The van der Waals surface area contributed by atoms with Crippen molar-refractivity contribution in [3.8, 4) is 11.8 Å². The largest absolute Gasteiger partial charge is 0.423 e. The van der Waals surface area contributed by atoms with Crippen molar-refractivity contribution in [3.05, 3.63) is 105 Å². The summed E-state index contributed by atoms with van der Waals surface area (Å²) in [5, 5.41) is 6.54. The van der Waals surface area contributed by atoms with Crippen LogP contribution in [0.25, 0.3) is 16.6 Å². The highest BCUT2D eigenvalue weighted by Crippen LogP contribution is 2.34.